The largest absolute Gasteiger partial charge is 0.381 e. The van der Waals surface area contributed by atoms with Crippen molar-refractivity contribution < 1.29 is 9.47 Å². The molecule has 2 N–H and O–H groups in total. The second kappa shape index (κ2) is 7.22. The molecule has 0 aromatic carbocycles. The van der Waals surface area contributed by atoms with E-state index in [0.717, 1.165) is 52.0 Å². The van der Waals surface area contributed by atoms with Crippen LogP contribution in [0.15, 0.2) is 0 Å². The first-order chi connectivity index (χ1) is 7.95. The summed E-state index contributed by atoms with van der Waals surface area (Å²) in [5.41, 5.74) is 0. The minimum absolute atomic E-state index is 0.552. The molecule has 2 aliphatic heterocycles. The minimum atomic E-state index is 0.552. The molecule has 0 spiro atoms. The van der Waals surface area contributed by atoms with E-state index in [1.54, 1.807) is 0 Å². The number of morpholine rings is 1. The summed E-state index contributed by atoms with van der Waals surface area (Å²) in [5.74, 6) is 0.823. The zero-order chi connectivity index (χ0) is 11.1. The number of hydrogen-bond acceptors (Lipinski definition) is 4. The van der Waals surface area contributed by atoms with Gasteiger partial charge in [0.05, 0.1) is 13.2 Å². The van der Waals surface area contributed by atoms with Crippen molar-refractivity contribution in [3.05, 3.63) is 0 Å². The van der Waals surface area contributed by atoms with Crippen molar-refractivity contribution in [3.8, 4) is 0 Å². The number of hydrogen-bond donors (Lipinski definition) is 2. The Kier molecular flexibility index (Phi) is 5.55. The lowest BCUT2D eigenvalue weighted by Crippen LogP contribution is -2.43. The van der Waals surface area contributed by atoms with Crippen molar-refractivity contribution in [1.82, 2.24) is 10.6 Å². The monoisotopic (exact) mass is 228 g/mol. The first-order valence-electron chi connectivity index (χ1n) is 6.55. The van der Waals surface area contributed by atoms with E-state index in [1.165, 1.54) is 19.3 Å². The molecule has 0 amide bonds. The standard InChI is InChI=1S/C12H24N2O2/c1(12-10-16-8-5-14-12)4-13-9-11-2-6-15-7-3-11/h11-14H,1-10H2. The predicted octanol–water partition coefficient (Wildman–Crippen LogP) is 0.381. The lowest BCUT2D eigenvalue weighted by molar-refractivity contribution is 0.0647. The van der Waals surface area contributed by atoms with Crippen LogP contribution in [0.25, 0.3) is 0 Å². The Balaban J connectivity index is 1.47. The van der Waals surface area contributed by atoms with Crippen LogP contribution in [-0.2, 0) is 9.47 Å². The van der Waals surface area contributed by atoms with Gasteiger partial charge in [0, 0.05) is 25.8 Å². The Hall–Kier alpha value is -0.160. The van der Waals surface area contributed by atoms with Crippen LogP contribution >= 0.6 is 0 Å². The smallest absolute Gasteiger partial charge is 0.0620 e. The molecule has 2 fully saturated rings. The molecule has 1 atom stereocenters. The maximum absolute atomic E-state index is 5.42. The average molecular weight is 228 g/mol. The molecular formula is C12H24N2O2. The summed E-state index contributed by atoms with van der Waals surface area (Å²) < 4.78 is 10.8. The maximum atomic E-state index is 5.42. The second-order valence-corrected chi connectivity index (χ2v) is 4.77. The fourth-order valence-corrected chi connectivity index (χ4v) is 2.34. The Bertz CT molecular complexity index is 158. The number of nitrogens with one attached hydrogen (secondary N) is 2. The quantitative estimate of drug-likeness (QED) is 0.668. The van der Waals surface area contributed by atoms with E-state index in [4.69, 9.17) is 9.47 Å². The summed E-state index contributed by atoms with van der Waals surface area (Å²) in [5, 5.41) is 7.02. The number of ether oxygens (including phenoxy) is 2. The Morgan fingerprint density at radius 3 is 2.75 bits per heavy atom. The molecule has 4 heteroatoms. The van der Waals surface area contributed by atoms with Crippen LogP contribution < -0.4 is 10.6 Å². The molecule has 2 rings (SSSR count). The van der Waals surface area contributed by atoms with Crippen LogP contribution in [-0.4, -0.2) is 52.1 Å². The molecule has 1 unspecified atom stereocenters. The van der Waals surface area contributed by atoms with Crippen molar-refractivity contribution in [2.75, 3.05) is 46.1 Å². The second-order valence-electron chi connectivity index (χ2n) is 4.77. The van der Waals surface area contributed by atoms with Gasteiger partial charge in [-0.15, -0.1) is 0 Å². The van der Waals surface area contributed by atoms with Gasteiger partial charge in [-0.1, -0.05) is 0 Å². The predicted molar refractivity (Wildman–Crippen MR) is 63.6 cm³/mol. The molecule has 0 aromatic rings. The van der Waals surface area contributed by atoms with Crippen LogP contribution in [0, 0.1) is 5.92 Å². The van der Waals surface area contributed by atoms with Gasteiger partial charge >= 0.3 is 0 Å². The highest BCUT2D eigenvalue weighted by atomic mass is 16.5. The molecule has 0 radical (unpaired) electrons. The highest BCUT2D eigenvalue weighted by Crippen LogP contribution is 2.13. The Morgan fingerprint density at radius 1 is 1.12 bits per heavy atom. The Morgan fingerprint density at radius 2 is 2.00 bits per heavy atom. The summed E-state index contributed by atoms with van der Waals surface area (Å²) in [4.78, 5) is 0. The Labute approximate surface area is 98.1 Å². The SMILES string of the molecule is C(CC1COCCN1)NCC1CCOCC1. The third-order valence-electron chi connectivity index (χ3n) is 3.44. The van der Waals surface area contributed by atoms with Gasteiger partial charge in [0.2, 0.25) is 0 Å². The van der Waals surface area contributed by atoms with Gasteiger partial charge < -0.3 is 20.1 Å². The van der Waals surface area contributed by atoms with Crippen LogP contribution in [0.5, 0.6) is 0 Å². The first kappa shape index (κ1) is 12.3. The van der Waals surface area contributed by atoms with E-state index in [-0.39, 0.29) is 0 Å². The van der Waals surface area contributed by atoms with E-state index in [1.807, 2.05) is 0 Å². The normalized spacial score (nSPS) is 28.1. The maximum Gasteiger partial charge on any atom is 0.0620 e. The topological polar surface area (TPSA) is 42.5 Å². The van der Waals surface area contributed by atoms with Crippen LogP contribution in [0.4, 0.5) is 0 Å². The number of rotatable bonds is 5. The lowest BCUT2D eigenvalue weighted by atomic mass is 10.0. The molecule has 0 bridgehead atoms. The summed E-state index contributed by atoms with van der Waals surface area (Å²) >= 11 is 0. The third-order valence-corrected chi connectivity index (χ3v) is 3.44. The van der Waals surface area contributed by atoms with Gasteiger partial charge in [0.25, 0.3) is 0 Å². The van der Waals surface area contributed by atoms with E-state index < -0.39 is 0 Å². The van der Waals surface area contributed by atoms with Gasteiger partial charge in [-0.3, -0.25) is 0 Å². The van der Waals surface area contributed by atoms with E-state index >= 15 is 0 Å². The molecule has 0 saturated carbocycles. The van der Waals surface area contributed by atoms with Crippen molar-refractivity contribution in [2.24, 2.45) is 5.92 Å². The van der Waals surface area contributed by atoms with Crippen molar-refractivity contribution >= 4 is 0 Å². The highest BCUT2D eigenvalue weighted by molar-refractivity contribution is 4.72. The molecule has 2 aliphatic rings. The van der Waals surface area contributed by atoms with Crippen LogP contribution in [0.3, 0.4) is 0 Å². The summed E-state index contributed by atoms with van der Waals surface area (Å²) in [7, 11) is 0. The molecule has 0 aromatic heterocycles. The first-order valence-corrected chi connectivity index (χ1v) is 6.55. The highest BCUT2D eigenvalue weighted by Gasteiger charge is 2.14. The fraction of sp³-hybridized carbons (Fsp3) is 1.00. The molecular weight excluding hydrogens is 204 g/mol. The van der Waals surface area contributed by atoms with Crippen molar-refractivity contribution in [1.29, 1.82) is 0 Å². The summed E-state index contributed by atoms with van der Waals surface area (Å²) in [6, 6.07) is 0.552. The summed E-state index contributed by atoms with van der Waals surface area (Å²) in [6.07, 6.45) is 3.61. The van der Waals surface area contributed by atoms with E-state index in [0.29, 0.717) is 6.04 Å². The fourth-order valence-electron chi connectivity index (χ4n) is 2.34. The summed E-state index contributed by atoms with van der Waals surface area (Å²) in [6.45, 7) is 6.89. The van der Waals surface area contributed by atoms with Crippen LogP contribution in [0.2, 0.25) is 0 Å². The van der Waals surface area contributed by atoms with Gasteiger partial charge in [0.1, 0.15) is 0 Å². The van der Waals surface area contributed by atoms with Gasteiger partial charge in [-0.25, -0.2) is 0 Å². The molecule has 16 heavy (non-hydrogen) atoms. The molecule has 4 nitrogen and oxygen atoms in total. The zero-order valence-corrected chi connectivity index (χ0v) is 10.0. The third kappa shape index (κ3) is 4.37. The molecule has 0 aliphatic carbocycles. The van der Waals surface area contributed by atoms with Crippen molar-refractivity contribution in [2.45, 2.75) is 25.3 Å². The molecule has 2 heterocycles. The van der Waals surface area contributed by atoms with Gasteiger partial charge in [-0.2, -0.15) is 0 Å². The minimum Gasteiger partial charge on any atom is -0.381 e. The van der Waals surface area contributed by atoms with E-state index in [2.05, 4.69) is 10.6 Å². The van der Waals surface area contributed by atoms with Crippen molar-refractivity contribution in [3.63, 3.8) is 0 Å². The zero-order valence-electron chi connectivity index (χ0n) is 10.0. The lowest BCUT2D eigenvalue weighted by Gasteiger charge is -2.25. The molecule has 2 saturated heterocycles. The molecule has 94 valence electrons. The van der Waals surface area contributed by atoms with Crippen LogP contribution in [0.1, 0.15) is 19.3 Å². The van der Waals surface area contributed by atoms with E-state index in [9.17, 15) is 0 Å². The average Bonchev–Trinajstić information content (AvgIpc) is 2.37. The van der Waals surface area contributed by atoms with Gasteiger partial charge in [-0.05, 0) is 38.3 Å². The van der Waals surface area contributed by atoms with Gasteiger partial charge in [0.15, 0.2) is 0 Å².